The van der Waals surface area contributed by atoms with Crippen LogP contribution in [0, 0.1) is 0 Å². The van der Waals surface area contributed by atoms with E-state index < -0.39 is 6.04 Å². The van der Waals surface area contributed by atoms with Crippen molar-refractivity contribution in [2.75, 3.05) is 26.8 Å². The van der Waals surface area contributed by atoms with Crippen LogP contribution < -0.4 is 11.3 Å². The molecular formula is C30H36N4O3. The molecule has 3 aromatic carbocycles. The highest BCUT2D eigenvalue weighted by atomic mass is 16.5. The molecule has 1 amide bonds. The number of para-hydroxylation sites is 1. The topological polar surface area (TPSA) is 90.4 Å². The zero-order valence-electron chi connectivity index (χ0n) is 21.7. The largest absolute Gasteiger partial charge is 0.383 e. The van der Waals surface area contributed by atoms with E-state index in [0.717, 1.165) is 36.5 Å². The average Bonchev–Trinajstić information content (AvgIpc) is 2.93. The fourth-order valence-electron chi connectivity index (χ4n) is 4.86. The van der Waals surface area contributed by atoms with Gasteiger partial charge in [0.2, 0.25) is 0 Å². The van der Waals surface area contributed by atoms with Crippen molar-refractivity contribution in [1.82, 2.24) is 14.5 Å². The van der Waals surface area contributed by atoms with E-state index in [4.69, 9.17) is 15.5 Å². The zero-order valence-corrected chi connectivity index (χ0v) is 21.7. The number of fused-ring (bicyclic) bond motifs is 2. The molecule has 0 aliphatic heterocycles. The van der Waals surface area contributed by atoms with Gasteiger partial charge in [-0.1, -0.05) is 61.4 Å². The lowest BCUT2D eigenvalue weighted by molar-refractivity contribution is 0.0675. The van der Waals surface area contributed by atoms with Crippen LogP contribution in [-0.4, -0.2) is 47.2 Å². The number of aromatic nitrogens is 2. The summed E-state index contributed by atoms with van der Waals surface area (Å²) in [6, 6.07) is 20.7. The Balaban J connectivity index is 1.78. The van der Waals surface area contributed by atoms with Gasteiger partial charge in [0.05, 0.1) is 30.1 Å². The molecule has 0 spiro atoms. The number of amides is 1. The molecule has 1 atom stereocenters. The minimum atomic E-state index is -0.421. The Kier molecular flexibility index (Phi) is 9.04. The van der Waals surface area contributed by atoms with E-state index in [-0.39, 0.29) is 11.5 Å². The first-order chi connectivity index (χ1) is 18.1. The minimum absolute atomic E-state index is 0.0659. The van der Waals surface area contributed by atoms with E-state index in [1.54, 1.807) is 17.7 Å². The number of benzene rings is 3. The molecule has 194 valence electrons. The first-order valence-electron chi connectivity index (χ1n) is 13.0. The third-order valence-corrected chi connectivity index (χ3v) is 6.89. The molecule has 4 aromatic rings. The van der Waals surface area contributed by atoms with Crippen molar-refractivity contribution in [2.24, 2.45) is 5.73 Å². The van der Waals surface area contributed by atoms with Crippen molar-refractivity contribution >= 4 is 27.6 Å². The van der Waals surface area contributed by atoms with E-state index in [0.29, 0.717) is 48.5 Å². The summed E-state index contributed by atoms with van der Waals surface area (Å²) in [5.74, 6) is 0.500. The molecule has 0 aliphatic rings. The lowest BCUT2D eigenvalue weighted by Gasteiger charge is -2.31. The smallest absolute Gasteiger partial charge is 0.261 e. The Hall–Kier alpha value is -3.55. The molecule has 0 radical (unpaired) electrons. The third-order valence-electron chi connectivity index (χ3n) is 6.89. The summed E-state index contributed by atoms with van der Waals surface area (Å²) in [5.41, 5.74) is 6.83. The highest BCUT2D eigenvalue weighted by Gasteiger charge is 2.27. The SMILES string of the molecule is COCCn1c(C(C)N(CCCCCCN)C(=O)c2cccc3ccccc23)nc2ccccc2c1=O. The molecule has 1 aromatic heterocycles. The Morgan fingerprint density at radius 2 is 1.68 bits per heavy atom. The lowest BCUT2D eigenvalue weighted by atomic mass is 10.0. The van der Waals surface area contributed by atoms with Gasteiger partial charge in [0.1, 0.15) is 5.82 Å². The Labute approximate surface area is 217 Å². The zero-order chi connectivity index (χ0) is 26.2. The number of nitrogens with zero attached hydrogens (tertiary/aromatic N) is 3. The van der Waals surface area contributed by atoms with Crippen molar-refractivity contribution in [3.05, 3.63) is 88.5 Å². The van der Waals surface area contributed by atoms with Gasteiger partial charge in [-0.2, -0.15) is 0 Å². The Bertz CT molecular complexity index is 1410. The second kappa shape index (κ2) is 12.6. The molecule has 37 heavy (non-hydrogen) atoms. The molecule has 7 heteroatoms. The van der Waals surface area contributed by atoms with Crippen molar-refractivity contribution in [3.8, 4) is 0 Å². The number of ether oxygens (including phenoxy) is 1. The first kappa shape index (κ1) is 26.5. The number of carbonyl (C=O) groups excluding carboxylic acids is 1. The van der Waals surface area contributed by atoms with Gasteiger partial charge in [-0.15, -0.1) is 0 Å². The lowest BCUT2D eigenvalue weighted by Crippen LogP contribution is -2.39. The van der Waals surface area contributed by atoms with Gasteiger partial charge in [-0.25, -0.2) is 4.98 Å². The van der Waals surface area contributed by atoms with Crippen LogP contribution in [0.1, 0.15) is 54.8 Å². The average molecular weight is 501 g/mol. The number of hydrogen-bond acceptors (Lipinski definition) is 5. The molecular weight excluding hydrogens is 464 g/mol. The summed E-state index contributed by atoms with van der Waals surface area (Å²) in [4.78, 5) is 34.4. The van der Waals surface area contributed by atoms with E-state index in [2.05, 4.69) is 0 Å². The highest BCUT2D eigenvalue weighted by Crippen LogP contribution is 2.26. The van der Waals surface area contributed by atoms with Gasteiger partial charge >= 0.3 is 0 Å². The van der Waals surface area contributed by atoms with Crippen molar-refractivity contribution in [2.45, 2.75) is 45.2 Å². The normalized spacial score (nSPS) is 12.2. The van der Waals surface area contributed by atoms with E-state index >= 15 is 0 Å². The number of rotatable bonds is 12. The standard InChI is InChI=1S/C30H36N4O3/c1-22(28-32-27-17-8-7-15-26(27)30(36)34(28)20-21-37-2)33(19-10-4-3-9-18-31)29(35)25-16-11-13-23-12-5-6-14-24(23)25/h5-8,11-17,22H,3-4,9-10,18-21,31H2,1-2H3. The van der Waals surface area contributed by atoms with Crippen LogP contribution >= 0.6 is 0 Å². The first-order valence-corrected chi connectivity index (χ1v) is 13.0. The summed E-state index contributed by atoms with van der Waals surface area (Å²) >= 11 is 0. The molecule has 4 rings (SSSR count). The van der Waals surface area contributed by atoms with Crippen molar-refractivity contribution < 1.29 is 9.53 Å². The summed E-state index contributed by atoms with van der Waals surface area (Å²) in [7, 11) is 1.61. The predicted octanol–water partition coefficient (Wildman–Crippen LogP) is 4.92. The molecule has 0 bridgehead atoms. The maximum Gasteiger partial charge on any atom is 0.261 e. The second-order valence-corrected chi connectivity index (χ2v) is 9.34. The molecule has 2 N–H and O–H groups in total. The van der Waals surface area contributed by atoms with E-state index in [1.807, 2.05) is 72.5 Å². The summed E-state index contributed by atoms with van der Waals surface area (Å²) in [6.45, 7) is 3.92. The number of methoxy groups -OCH3 is 1. The molecule has 7 nitrogen and oxygen atoms in total. The monoisotopic (exact) mass is 500 g/mol. The van der Waals surface area contributed by atoms with Crippen molar-refractivity contribution in [3.63, 3.8) is 0 Å². The quantitative estimate of drug-likeness (QED) is 0.279. The predicted molar refractivity (Wildman–Crippen MR) is 149 cm³/mol. The number of carbonyl (C=O) groups is 1. The van der Waals surface area contributed by atoms with Crippen LogP contribution in [-0.2, 0) is 11.3 Å². The Morgan fingerprint density at radius 3 is 2.46 bits per heavy atom. The molecule has 1 unspecified atom stereocenters. The number of unbranched alkanes of at least 4 members (excludes halogenated alkanes) is 3. The third kappa shape index (κ3) is 5.89. The van der Waals surface area contributed by atoms with Crippen LogP contribution in [0.25, 0.3) is 21.7 Å². The molecule has 0 aliphatic carbocycles. The van der Waals surface area contributed by atoms with Gasteiger partial charge in [0, 0.05) is 19.2 Å². The highest BCUT2D eigenvalue weighted by molar-refractivity contribution is 6.07. The van der Waals surface area contributed by atoms with Gasteiger partial charge in [0.25, 0.3) is 11.5 Å². The van der Waals surface area contributed by atoms with E-state index in [9.17, 15) is 9.59 Å². The summed E-state index contributed by atoms with van der Waals surface area (Å²) < 4.78 is 6.96. The minimum Gasteiger partial charge on any atom is -0.383 e. The summed E-state index contributed by atoms with van der Waals surface area (Å²) in [5, 5.41) is 2.49. The summed E-state index contributed by atoms with van der Waals surface area (Å²) in [6.07, 6.45) is 3.81. The van der Waals surface area contributed by atoms with Crippen LogP contribution in [0.5, 0.6) is 0 Å². The van der Waals surface area contributed by atoms with Crippen LogP contribution in [0.4, 0.5) is 0 Å². The molecule has 0 saturated heterocycles. The maximum absolute atomic E-state index is 14.1. The van der Waals surface area contributed by atoms with Crippen LogP contribution in [0.3, 0.4) is 0 Å². The van der Waals surface area contributed by atoms with E-state index in [1.165, 1.54) is 0 Å². The maximum atomic E-state index is 14.1. The van der Waals surface area contributed by atoms with Crippen molar-refractivity contribution in [1.29, 1.82) is 0 Å². The molecule has 0 saturated carbocycles. The number of hydrogen-bond donors (Lipinski definition) is 1. The van der Waals surface area contributed by atoms with Crippen LogP contribution in [0.2, 0.25) is 0 Å². The fourth-order valence-corrected chi connectivity index (χ4v) is 4.86. The molecule has 1 heterocycles. The van der Waals surface area contributed by atoms with Gasteiger partial charge in [-0.3, -0.25) is 14.2 Å². The molecule has 0 fully saturated rings. The van der Waals surface area contributed by atoms with Crippen LogP contribution in [0.15, 0.2) is 71.5 Å². The number of nitrogens with two attached hydrogens (primary N) is 1. The van der Waals surface area contributed by atoms with Gasteiger partial charge < -0.3 is 15.4 Å². The fraction of sp³-hybridized carbons (Fsp3) is 0.367. The second-order valence-electron chi connectivity index (χ2n) is 9.34. The van der Waals surface area contributed by atoms with Gasteiger partial charge in [-0.05, 0) is 55.3 Å². The van der Waals surface area contributed by atoms with Gasteiger partial charge in [0.15, 0.2) is 0 Å². The Morgan fingerprint density at radius 1 is 0.973 bits per heavy atom.